The lowest BCUT2D eigenvalue weighted by Gasteiger charge is -2.12. The van der Waals surface area contributed by atoms with Gasteiger partial charge in [0, 0.05) is 0 Å². The largest absolute Gasteiger partial charge is 0.496 e. The van der Waals surface area contributed by atoms with E-state index in [0.717, 1.165) is 34.2 Å². The van der Waals surface area contributed by atoms with Gasteiger partial charge in [-0.15, -0.1) is 0 Å². The summed E-state index contributed by atoms with van der Waals surface area (Å²) in [6.45, 7) is 2.25. The van der Waals surface area contributed by atoms with Crippen molar-refractivity contribution in [1.82, 2.24) is 4.90 Å². The minimum absolute atomic E-state index is 0.242. The Bertz CT molecular complexity index is 815. The van der Waals surface area contributed by atoms with Crippen molar-refractivity contribution in [2.75, 3.05) is 7.11 Å². The molecule has 1 heterocycles. The van der Waals surface area contributed by atoms with Gasteiger partial charge < -0.3 is 4.74 Å². The van der Waals surface area contributed by atoms with Crippen LogP contribution in [0.5, 0.6) is 5.75 Å². The van der Waals surface area contributed by atoms with E-state index in [0.29, 0.717) is 11.4 Å². The van der Waals surface area contributed by atoms with Gasteiger partial charge in [0.15, 0.2) is 0 Å². The first kappa shape index (κ1) is 16.3. The van der Waals surface area contributed by atoms with Gasteiger partial charge in [-0.2, -0.15) is 0 Å². The van der Waals surface area contributed by atoms with Crippen LogP contribution in [0.25, 0.3) is 6.08 Å². The smallest absolute Gasteiger partial charge is 0.293 e. The van der Waals surface area contributed by atoms with E-state index in [-0.39, 0.29) is 11.1 Å². The fraction of sp³-hybridized carbons (Fsp3) is 0.158. The zero-order valence-electron chi connectivity index (χ0n) is 13.5. The van der Waals surface area contributed by atoms with E-state index >= 15 is 0 Å². The van der Waals surface area contributed by atoms with Crippen LogP contribution in [-0.4, -0.2) is 23.2 Å². The van der Waals surface area contributed by atoms with E-state index in [2.05, 4.69) is 0 Å². The van der Waals surface area contributed by atoms with Crippen LogP contribution >= 0.6 is 11.8 Å². The summed E-state index contributed by atoms with van der Waals surface area (Å²) in [6.07, 6.45) is 1.73. The summed E-state index contributed by atoms with van der Waals surface area (Å²) in [5, 5.41) is -0.242. The zero-order valence-corrected chi connectivity index (χ0v) is 14.3. The summed E-state index contributed by atoms with van der Waals surface area (Å²) >= 11 is 0.971. The first-order valence-corrected chi connectivity index (χ1v) is 8.34. The number of imide groups is 1. The van der Waals surface area contributed by atoms with Crippen molar-refractivity contribution in [3.8, 4) is 5.75 Å². The van der Waals surface area contributed by atoms with Gasteiger partial charge in [0.05, 0.1) is 18.6 Å². The molecular formula is C19H17NO3S. The van der Waals surface area contributed by atoms with Gasteiger partial charge in [0.25, 0.3) is 11.1 Å². The molecular weight excluding hydrogens is 322 g/mol. The second-order valence-corrected chi connectivity index (χ2v) is 6.48. The molecule has 1 aliphatic rings. The number of methoxy groups -OCH3 is 1. The monoisotopic (exact) mass is 339 g/mol. The van der Waals surface area contributed by atoms with Crippen molar-refractivity contribution >= 4 is 29.0 Å². The summed E-state index contributed by atoms with van der Waals surface area (Å²) in [4.78, 5) is 26.4. The lowest BCUT2D eigenvalue weighted by atomic mass is 10.1. The zero-order chi connectivity index (χ0) is 17.1. The number of carbonyl (C=O) groups excluding carboxylic acids is 2. The lowest BCUT2D eigenvalue weighted by Crippen LogP contribution is -2.27. The normalized spacial score (nSPS) is 16.1. The van der Waals surface area contributed by atoms with E-state index < -0.39 is 0 Å². The molecule has 2 amide bonds. The molecule has 0 spiro atoms. The van der Waals surface area contributed by atoms with Gasteiger partial charge in [-0.05, 0) is 47.5 Å². The molecule has 0 aliphatic carbocycles. The highest BCUT2D eigenvalue weighted by Crippen LogP contribution is 2.34. The Morgan fingerprint density at radius 1 is 1.12 bits per heavy atom. The third kappa shape index (κ3) is 3.36. The van der Waals surface area contributed by atoms with E-state index in [9.17, 15) is 9.59 Å². The minimum Gasteiger partial charge on any atom is -0.496 e. The molecule has 0 bridgehead atoms. The van der Waals surface area contributed by atoms with Crippen molar-refractivity contribution in [3.05, 3.63) is 70.1 Å². The Kier molecular flexibility index (Phi) is 4.71. The topological polar surface area (TPSA) is 46.6 Å². The van der Waals surface area contributed by atoms with Crippen LogP contribution in [0.15, 0.2) is 53.4 Å². The second kappa shape index (κ2) is 6.93. The van der Waals surface area contributed by atoms with Crippen molar-refractivity contribution in [3.63, 3.8) is 0 Å². The molecule has 0 atom stereocenters. The Balaban J connectivity index is 1.83. The maximum absolute atomic E-state index is 12.5. The van der Waals surface area contributed by atoms with Crippen LogP contribution in [0.1, 0.15) is 16.7 Å². The van der Waals surface area contributed by atoms with Gasteiger partial charge in [0.2, 0.25) is 0 Å². The summed E-state index contributed by atoms with van der Waals surface area (Å²) in [5.41, 5.74) is 2.78. The maximum atomic E-state index is 12.5. The summed E-state index contributed by atoms with van der Waals surface area (Å²) in [6, 6.07) is 15.2. The number of ether oxygens (including phenoxy) is 1. The molecule has 3 rings (SSSR count). The van der Waals surface area contributed by atoms with E-state index in [4.69, 9.17) is 4.74 Å². The maximum Gasteiger partial charge on any atom is 0.293 e. The fourth-order valence-electron chi connectivity index (χ4n) is 2.48. The highest BCUT2D eigenvalue weighted by atomic mass is 32.2. The Morgan fingerprint density at radius 3 is 2.58 bits per heavy atom. The van der Waals surface area contributed by atoms with Crippen LogP contribution in [-0.2, 0) is 11.3 Å². The number of nitrogens with zero attached hydrogens (tertiary/aromatic N) is 1. The number of benzene rings is 2. The SMILES string of the molecule is COc1cc(/C=C2/SC(=O)N(Cc3ccccc3)C2=O)ccc1C. The number of hydrogen-bond acceptors (Lipinski definition) is 4. The number of aryl methyl sites for hydroxylation is 1. The number of thioether (sulfide) groups is 1. The standard InChI is InChI=1S/C19H17NO3S/c1-13-8-9-15(10-16(13)23-2)11-17-18(21)20(19(22)24-17)12-14-6-4-3-5-7-14/h3-11H,12H2,1-2H3/b17-11+. The van der Waals surface area contributed by atoms with Crippen LogP contribution in [0.3, 0.4) is 0 Å². The molecule has 0 N–H and O–H groups in total. The average Bonchev–Trinajstić information content (AvgIpc) is 2.85. The van der Waals surface area contributed by atoms with Gasteiger partial charge in [-0.25, -0.2) is 0 Å². The highest BCUT2D eigenvalue weighted by molar-refractivity contribution is 8.18. The predicted octanol–water partition coefficient (Wildman–Crippen LogP) is 4.24. The summed E-state index contributed by atoms with van der Waals surface area (Å²) < 4.78 is 5.30. The minimum atomic E-state index is -0.256. The summed E-state index contributed by atoms with van der Waals surface area (Å²) in [7, 11) is 1.61. The molecule has 0 aromatic heterocycles. The van der Waals surface area contributed by atoms with E-state index in [1.54, 1.807) is 13.2 Å². The highest BCUT2D eigenvalue weighted by Gasteiger charge is 2.34. The molecule has 1 fully saturated rings. The average molecular weight is 339 g/mol. The second-order valence-electron chi connectivity index (χ2n) is 5.48. The van der Waals surface area contributed by atoms with Gasteiger partial charge in [-0.3, -0.25) is 14.5 Å². The molecule has 0 saturated carbocycles. The molecule has 2 aromatic carbocycles. The van der Waals surface area contributed by atoms with Gasteiger partial charge in [0.1, 0.15) is 5.75 Å². The Morgan fingerprint density at radius 2 is 1.88 bits per heavy atom. The molecule has 2 aromatic rings. The van der Waals surface area contributed by atoms with E-state index in [1.165, 1.54) is 4.90 Å². The third-order valence-electron chi connectivity index (χ3n) is 3.79. The number of rotatable bonds is 4. The lowest BCUT2D eigenvalue weighted by molar-refractivity contribution is -0.123. The molecule has 0 radical (unpaired) electrons. The van der Waals surface area contributed by atoms with Gasteiger partial charge >= 0.3 is 0 Å². The molecule has 1 aliphatic heterocycles. The van der Waals surface area contributed by atoms with Crippen molar-refractivity contribution in [2.24, 2.45) is 0 Å². The molecule has 24 heavy (non-hydrogen) atoms. The van der Waals surface area contributed by atoms with Crippen LogP contribution in [0, 0.1) is 6.92 Å². The molecule has 5 heteroatoms. The first-order chi connectivity index (χ1) is 11.6. The number of amides is 2. The quantitative estimate of drug-likeness (QED) is 0.782. The van der Waals surface area contributed by atoms with Crippen molar-refractivity contribution in [1.29, 1.82) is 0 Å². The van der Waals surface area contributed by atoms with Gasteiger partial charge in [-0.1, -0.05) is 42.5 Å². The van der Waals surface area contributed by atoms with Crippen LogP contribution < -0.4 is 4.74 Å². The molecule has 4 nitrogen and oxygen atoms in total. The summed E-state index contributed by atoms with van der Waals surface area (Å²) in [5.74, 6) is 0.501. The number of carbonyl (C=O) groups is 2. The molecule has 1 saturated heterocycles. The van der Waals surface area contributed by atoms with Crippen molar-refractivity contribution < 1.29 is 14.3 Å². The molecule has 122 valence electrons. The first-order valence-electron chi connectivity index (χ1n) is 7.52. The Labute approximate surface area is 145 Å². The van der Waals surface area contributed by atoms with E-state index in [1.807, 2.05) is 55.5 Å². The Hall–Kier alpha value is -2.53. The molecule has 0 unspecified atom stereocenters. The fourth-order valence-corrected chi connectivity index (χ4v) is 3.32. The predicted molar refractivity (Wildman–Crippen MR) is 95.7 cm³/mol. The van der Waals surface area contributed by atoms with Crippen LogP contribution in [0.2, 0.25) is 0 Å². The van der Waals surface area contributed by atoms with Crippen molar-refractivity contribution in [2.45, 2.75) is 13.5 Å². The van der Waals surface area contributed by atoms with Crippen LogP contribution in [0.4, 0.5) is 4.79 Å². The number of hydrogen-bond donors (Lipinski definition) is 0. The third-order valence-corrected chi connectivity index (χ3v) is 4.69.